The van der Waals surface area contributed by atoms with Crippen LogP contribution in [0.15, 0.2) is 0 Å². The van der Waals surface area contributed by atoms with Gasteiger partial charge in [-0.2, -0.15) is 0 Å². The monoisotopic (exact) mass is 469 g/mol. The zero-order valence-corrected chi connectivity index (χ0v) is 22.5. The van der Waals surface area contributed by atoms with Crippen molar-refractivity contribution in [2.75, 3.05) is 0 Å². The van der Waals surface area contributed by atoms with Crippen molar-refractivity contribution in [1.29, 1.82) is 0 Å². The molecule has 3 N–H and O–H groups in total. The van der Waals surface area contributed by atoms with Gasteiger partial charge in [-0.25, -0.2) is 0 Å². The smallest absolute Gasteiger partial charge is 0.348 e. The number of nitrogens with one attached hydrogen (secondary N) is 3. The number of carbonyl (C=O) groups excluding carboxylic acids is 3. The van der Waals surface area contributed by atoms with Gasteiger partial charge in [-0.3, -0.25) is 14.4 Å². The summed E-state index contributed by atoms with van der Waals surface area (Å²) in [7, 11) is -2.96. The Kier molecular flexibility index (Phi) is 19.4. The molecule has 0 aliphatic rings. The van der Waals surface area contributed by atoms with Gasteiger partial charge in [0.05, 0.1) is 0 Å². The third-order valence-electron chi connectivity index (χ3n) is 5.69. The lowest BCUT2D eigenvalue weighted by Crippen LogP contribution is -2.73. The highest BCUT2D eigenvalue weighted by molar-refractivity contribution is 6.77. The molecule has 0 aliphatic heterocycles. The van der Waals surface area contributed by atoms with Crippen molar-refractivity contribution < 1.29 is 14.4 Å². The van der Waals surface area contributed by atoms with Crippen molar-refractivity contribution in [2.24, 2.45) is 0 Å². The fourth-order valence-corrected chi connectivity index (χ4v) is 6.02. The Morgan fingerprint density at radius 2 is 0.719 bits per heavy atom. The van der Waals surface area contributed by atoms with E-state index >= 15 is 0 Å². The number of amides is 3. The number of carbonyl (C=O) groups is 3. The van der Waals surface area contributed by atoms with Crippen LogP contribution in [0.2, 0.25) is 6.55 Å². The van der Waals surface area contributed by atoms with Gasteiger partial charge in [0.25, 0.3) is 0 Å². The summed E-state index contributed by atoms with van der Waals surface area (Å²) in [5.41, 5.74) is 0. The molecule has 0 fully saturated rings. The van der Waals surface area contributed by atoms with Gasteiger partial charge in [-0.1, -0.05) is 97.8 Å². The van der Waals surface area contributed by atoms with E-state index in [0.717, 1.165) is 57.8 Å². The highest BCUT2D eigenvalue weighted by Crippen LogP contribution is 2.08. The van der Waals surface area contributed by atoms with Crippen LogP contribution in [0.4, 0.5) is 0 Å². The van der Waals surface area contributed by atoms with E-state index < -0.39 is 8.56 Å². The molecule has 0 aromatic carbocycles. The largest absolute Gasteiger partial charge is 0.375 e. The van der Waals surface area contributed by atoms with E-state index in [1.165, 1.54) is 38.5 Å². The molecule has 0 aromatic heterocycles. The first kappa shape index (κ1) is 30.6. The molecule has 0 radical (unpaired) electrons. The third-order valence-corrected chi connectivity index (χ3v) is 8.03. The van der Waals surface area contributed by atoms with Crippen LogP contribution in [0.3, 0.4) is 0 Å². The Bertz CT molecular complexity index is 445. The average molecular weight is 470 g/mol. The maximum atomic E-state index is 12.5. The summed E-state index contributed by atoms with van der Waals surface area (Å²) in [5.74, 6) is -0.244. The van der Waals surface area contributed by atoms with Crippen molar-refractivity contribution in [3.63, 3.8) is 0 Å². The van der Waals surface area contributed by atoms with E-state index in [2.05, 4.69) is 35.7 Å². The Morgan fingerprint density at radius 3 is 0.969 bits per heavy atom. The van der Waals surface area contributed by atoms with Crippen LogP contribution in [-0.2, 0) is 14.4 Å². The molecule has 0 rings (SSSR count). The van der Waals surface area contributed by atoms with Crippen LogP contribution in [0.25, 0.3) is 0 Å². The Labute approximate surface area is 198 Å². The lowest BCUT2D eigenvalue weighted by Gasteiger charge is -2.29. The van der Waals surface area contributed by atoms with Gasteiger partial charge in [0.1, 0.15) is 0 Å². The number of hydrogen-bond acceptors (Lipinski definition) is 3. The maximum absolute atomic E-state index is 12.5. The minimum atomic E-state index is -2.96. The molecule has 188 valence electrons. The summed E-state index contributed by atoms with van der Waals surface area (Å²) in [6.07, 6.45) is 17.5. The molecule has 0 unspecified atom stereocenters. The molecule has 32 heavy (non-hydrogen) atoms. The molecule has 0 atom stereocenters. The van der Waals surface area contributed by atoms with E-state index in [-0.39, 0.29) is 17.7 Å². The quantitative estimate of drug-likeness (QED) is 0.143. The first-order valence-electron chi connectivity index (χ1n) is 13.3. The topological polar surface area (TPSA) is 87.3 Å². The molecule has 0 aromatic rings. The summed E-state index contributed by atoms with van der Waals surface area (Å²) in [6, 6.07) is 0. The Morgan fingerprint density at radius 1 is 0.469 bits per heavy atom. The van der Waals surface area contributed by atoms with Crippen LogP contribution in [0.1, 0.15) is 136 Å². The molecule has 0 heterocycles. The minimum Gasteiger partial charge on any atom is -0.348 e. The third kappa shape index (κ3) is 18.2. The molecule has 3 amide bonds. The predicted molar refractivity (Wildman–Crippen MR) is 136 cm³/mol. The molecule has 0 saturated heterocycles. The van der Waals surface area contributed by atoms with Gasteiger partial charge < -0.3 is 14.9 Å². The van der Waals surface area contributed by atoms with Crippen molar-refractivity contribution in [3.05, 3.63) is 0 Å². The van der Waals surface area contributed by atoms with Crippen molar-refractivity contribution in [2.45, 2.75) is 143 Å². The van der Waals surface area contributed by atoms with Crippen LogP contribution in [0, 0.1) is 0 Å². The van der Waals surface area contributed by atoms with Gasteiger partial charge in [0.2, 0.25) is 17.7 Å². The van der Waals surface area contributed by atoms with Gasteiger partial charge >= 0.3 is 8.56 Å². The zero-order valence-electron chi connectivity index (χ0n) is 21.5. The van der Waals surface area contributed by atoms with Crippen LogP contribution in [0.5, 0.6) is 0 Å². The summed E-state index contributed by atoms with van der Waals surface area (Å²) in [6.45, 7) is 8.32. The Balaban J connectivity index is 4.68. The summed E-state index contributed by atoms with van der Waals surface area (Å²) >= 11 is 0. The van der Waals surface area contributed by atoms with E-state index in [9.17, 15) is 14.4 Å². The molecule has 7 heteroatoms. The molecular formula is C25H51N3O3Si. The maximum Gasteiger partial charge on any atom is 0.375 e. The van der Waals surface area contributed by atoms with Gasteiger partial charge in [-0.15, -0.1) is 0 Å². The average Bonchev–Trinajstić information content (AvgIpc) is 2.72. The number of hydrogen-bond donors (Lipinski definition) is 3. The molecule has 0 aliphatic carbocycles. The van der Waals surface area contributed by atoms with Crippen LogP contribution >= 0.6 is 0 Å². The second-order valence-electron chi connectivity index (χ2n) is 9.26. The molecule has 0 saturated carbocycles. The SMILES string of the molecule is CCCCCCCC(=O)N[Si](C)(NC(=O)CCCCCCC)NC(=O)CCCCCCC. The Hall–Kier alpha value is -1.37. The molecular weight excluding hydrogens is 418 g/mol. The zero-order chi connectivity index (χ0) is 24.1. The van der Waals surface area contributed by atoms with E-state index in [0.29, 0.717) is 19.3 Å². The van der Waals surface area contributed by atoms with Crippen LogP contribution in [-0.4, -0.2) is 26.3 Å². The van der Waals surface area contributed by atoms with Gasteiger partial charge in [0, 0.05) is 19.3 Å². The van der Waals surface area contributed by atoms with Gasteiger partial charge in [-0.05, 0) is 25.8 Å². The van der Waals surface area contributed by atoms with Crippen molar-refractivity contribution >= 4 is 26.3 Å². The normalized spacial score (nSPS) is 11.2. The lowest BCUT2D eigenvalue weighted by molar-refractivity contribution is -0.120. The summed E-state index contributed by atoms with van der Waals surface area (Å²) in [4.78, 5) is 46.6. The first-order chi connectivity index (χ1) is 15.4. The van der Waals surface area contributed by atoms with Crippen molar-refractivity contribution in [3.8, 4) is 0 Å². The number of unbranched alkanes of at least 4 members (excludes halogenated alkanes) is 12. The predicted octanol–water partition coefficient (Wildman–Crippen LogP) is 5.99. The fraction of sp³-hybridized carbons (Fsp3) is 0.880. The van der Waals surface area contributed by atoms with E-state index in [1.54, 1.807) is 0 Å². The summed E-state index contributed by atoms with van der Waals surface area (Å²) in [5, 5.41) is 0. The highest BCUT2D eigenvalue weighted by Gasteiger charge is 2.35. The second-order valence-corrected chi connectivity index (χ2v) is 12.3. The molecule has 0 bridgehead atoms. The van der Waals surface area contributed by atoms with Gasteiger partial charge in [0.15, 0.2) is 0 Å². The van der Waals surface area contributed by atoms with Crippen LogP contribution < -0.4 is 14.9 Å². The van der Waals surface area contributed by atoms with Crippen molar-refractivity contribution in [1.82, 2.24) is 14.9 Å². The first-order valence-corrected chi connectivity index (χ1v) is 15.8. The second kappa shape index (κ2) is 20.2. The molecule has 6 nitrogen and oxygen atoms in total. The standard InChI is InChI=1S/C25H51N3O3Si/c1-5-8-11-14-17-20-23(29)26-32(4,27-24(30)21-18-15-12-9-6-2)28-25(31)22-19-16-13-10-7-3/h5-22H2,1-4H3,(H,26,29)(H,27,30)(H,28,31). The molecule has 0 spiro atoms. The highest BCUT2D eigenvalue weighted by atomic mass is 28.4. The minimum absolute atomic E-state index is 0.0813. The van der Waals surface area contributed by atoms with E-state index in [1.807, 2.05) is 6.55 Å². The van der Waals surface area contributed by atoms with E-state index in [4.69, 9.17) is 0 Å². The lowest BCUT2D eigenvalue weighted by atomic mass is 10.1. The fourth-order valence-electron chi connectivity index (χ4n) is 3.79. The summed E-state index contributed by atoms with van der Waals surface area (Å²) < 4.78 is 0. The number of rotatable bonds is 21.